The molecule has 3 aromatic rings. The summed E-state index contributed by atoms with van der Waals surface area (Å²) in [6.45, 7) is 5.12. The highest BCUT2D eigenvalue weighted by Crippen LogP contribution is 2.27. The number of aromatic nitrogens is 3. The van der Waals surface area contributed by atoms with Crippen molar-refractivity contribution in [1.29, 1.82) is 0 Å². The highest BCUT2D eigenvalue weighted by atomic mass is 16.4. The van der Waals surface area contributed by atoms with Crippen LogP contribution in [0.25, 0.3) is 21.9 Å². The lowest BCUT2D eigenvalue weighted by molar-refractivity contribution is -0.135. The summed E-state index contributed by atoms with van der Waals surface area (Å²) in [5, 5.41) is 11.3. The first-order valence-corrected chi connectivity index (χ1v) is 9.82. The Morgan fingerprint density at radius 2 is 1.90 bits per heavy atom. The van der Waals surface area contributed by atoms with Gasteiger partial charge in [-0.15, -0.1) is 0 Å². The number of imidazole rings is 1. The van der Waals surface area contributed by atoms with Crippen LogP contribution in [-0.4, -0.2) is 45.1 Å². The van der Waals surface area contributed by atoms with Crippen molar-refractivity contribution in [1.82, 2.24) is 19.9 Å². The minimum absolute atomic E-state index is 0.0417. The van der Waals surface area contributed by atoms with Crippen molar-refractivity contribution in [3.63, 3.8) is 0 Å². The summed E-state index contributed by atoms with van der Waals surface area (Å²) in [6.07, 6.45) is 4.74. The molecule has 0 unspecified atom stereocenters. The van der Waals surface area contributed by atoms with Gasteiger partial charge in [0.1, 0.15) is 11.3 Å². The smallest absolute Gasteiger partial charge is 0.317 e. The molecule has 2 aromatic heterocycles. The molecule has 2 heterocycles. The number of benzene rings is 1. The van der Waals surface area contributed by atoms with Gasteiger partial charge in [0.05, 0.1) is 17.6 Å². The summed E-state index contributed by atoms with van der Waals surface area (Å²) >= 11 is 0. The lowest BCUT2D eigenvalue weighted by atomic mass is 10.1. The van der Waals surface area contributed by atoms with Gasteiger partial charge in [-0.25, -0.2) is 9.97 Å². The first-order chi connectivity index (χ1) is 13.9. The summed E-state index contributed by atoms with van der Waals surface area (Å²) in [7, 11) is 1.59. The number of carbonyl (C=O) groups excluding carboxylic acids is 1. The zero-order valence-corrected chi connectivity index (χ0v) is 17.2. The van der Waals surface area contributed by atoms with Gasteiger partial charge in [-0.05, 0) is 26.5 Å². The third-order valence-electron chi connectivity index (χ3n) is 4.57. The van der Waals surface area contributed by atoms with Crippen molar-refractivity contribution >= 4 is 33.8 Å². The van der Waals surface area contributed by atoms with E-state index in [0.29, 0.717) is 5.52 Å². The predicted octanol–water partition coefficient (Wildman–Crippen LogP) is 2.86. The van der Waals surface area contributed by atoms with Gasteiger partial charge in [0.2, 0.25) is 0 Å². The molecular weight excluding hydrogens is 370 g/mol. The van der Waals surface area contributed by atoms with Crippen molar-refractivity contribution in [3.05, 3.63) is 35.8 Å². The molecule has 156 valence electrons. The number of nitrogens with zero attached hydrogens (tertiary/aromatic N) is 3. The molecule has 8 nitrogen and oxygen atoms in total. The van der Waals surface area contributed by atoms with Gasteiger partial charge in [0.15, 0.2) is 5.69 Å². The number of carbonyl (C=O) groups is 2. The quantitative estimate of drug-likeness (QED) is 0.501. The first-order valence-electron chi connectivity index (χ1n) is 9.82. The van der Waals surface area contributed by atoms with Gasteiger partial charge in [-0.3, -0.25) is 9.59 Å². The van der Waals surface area contributed by atoms with E-state index in [-0.39, 0.29) is 12.2 Å². The Hall–Kier alpha value is -3.00. The summed E-state index contributed by atoms with van der Waals surface area (Å²) < 4.78 is 2.20. The standard InChI is InChI=1S/C18H22N4O.C3H7NO2/c1-3-4-5-8-11-22-12(2)20-15-16(18(19)23)21-14-10-7-6-9-13(14)17(15)22;1-4-2-3(5)6/h6-7,9-10H,3-5,8,11H2,1-2H3,(H2,19,23);4H,2H2,1H3,(H,5,6). The highest BCUT2D eigenvalue weighted by molar-refractivity contribution is 6.11. The number of unbranched alkanes of at least 4 members (excludes halogenated alkanes) is 3. The van der Waals surface area contributed by atoms with Crippen molar-refractivity contribution in [3.8, 4) is 0 Å². The Kier molecular flexibility index (Phi) is 8.09. The van der Waals surface area contributed by atoms with E-state index in [4.69, 9.17) is 10.8 Å². The van der Waals surface area contributed by atoms with E-state index in [1.807, 2.05) is 31.2 Å². The van der Waals surface area contributed by atoms with Gasteiger partial charge < -0.3 is 20.7 Å². The number of amides is 1. The number of hydrogen-bond donors (Lipinski definition) is 3. The Bertz CT molecular complexity index is 997. The third kappa shape index (κ3) is 5.51. The van der Waals surface area contributed by atoms with Crippen LogP contribution in [0.3, 0.4) is 0 Å². The van der Waals surface area contributed by atoms with Gasteiger partial charge in [-0.1, -0.05) is 44.4 Å². The van der Waals surface area contributed by atoms with Crippen molar-refractivity contribution < 1.29 is 14.7 Å². The Morgan fingerprint density at radius 1 is 1.17 bits per heavy atom. The van der Waals surface area contributed by atoms with Crippen LogP contribution >= 0.6 is 0 Å². The second-order valence-electron chi connectivity index (χ2n) is 6.83. The second-order valence-corrected chi connectivity index (χ2v) is 6.83. The predicted molar refractivity (Wildman–Crippen MR) is 114 cm³/mol. The van der Waals surface area contributed by atoms with Crippen LogP contribution in [0.4, 0.5) is 0 Å². The molecule has 0 fully saturated rings. The number of rotatable bonds is 8. The minimum Gasteiger partial charge on any atom is -0.480 e. The number of fused-ring (bicyclic) bond motifs is 3. The number of para-hydroxylation sites is 1. The fourth-order valence-electron chi connectivity index (χ4n) is 3.24. The van der Waals surface area contributed by atoms with Crippen LogP contribution in [-0.2, 0) is 11.3 Å². The lowest BCUT2D eigenvalue weighted by Gasteiger charge is -2.09. The maximum atomic E-state index is 11.8. The molecule has 0 aliphatic heterocycles. The van der Waals surface area contributed by atoms with Crippen LogP contribution in [0.1, 0.15) is 48.9 Å². The summed E-state index contributed by atoms with van der Waals surface area (Å²) in [5.41, 5.74) is 8.14. The number of nitrogens with two attached hydrogens (primary N) is 1. The molecule has 0 aliphatic carbocycles. The number of pyridine rings is 1. The van der Waals surface area contributed by atoms with E-state index in [1.54, 1.807) is 7.05 Å². The largest absolute Gasteiger partial charge is 0.480 e. The normalized spacial score (nSPS) is 10.7. The molecule has 0 saturated heterocycles. The summed E-state index contributed by atoms with van der Waals surface area (Å²) in [4.78, 5) is 30.3. The number of hydrogen-bond acceptors (Lipinski definition) is 5. The number of carboxylic acid groups (broad SMARTS) is 1. The van der Waals surface area contributed by atoms with Gasteiger partial charge >= 0.3 is 5.97 Å². The average molecular weight is 399 g/mol. The monoisotopic (exact) mass is 399 g/mol. The molecule has 29 heavy (non-hydrogen) atoms. The van der Waals surface area contributed by atoms with Crippen LogP contribution in [0.5, 0.6) is 0 Å². The topological polar surface area (TPSA) is 123 Å². The Balaban J connectivity index is 0.000000438. The molecule has 4 N–H and O–H groups in total. The van der Waals surface area contributed by atoms with Crippen molar-refractivity contribution in [2.75, 3.05) is 13.6 Å². The first kappa shape index (κ1) is 22.3. The molecule has 1 amide bonds. The zero-order valence-electron chi connectivity index (χ0n) is 17.2. The van der Waals surface area contributed by atoms with Crippen LogP contribution < -0.4 is 11.1 Å². The molecule has 0 spiro atoms. The molecule has 0 saturated carbocycles. The molecule has 0 radical (unpaired) electrons. The highest BCUT2D eigenvalue weighted by Gasteiger charge is 2.18. The van der Waals surface area contributed by atoms with Gasteiger partial charge in [-0.2, -0.15) is 0 Å². The molecular formula is C21H29N5O3. The lowest BCUT2D eigenvalue weighted by Crippen LogP contribution is -2.16. The number of carboxylic acids is 1. The number of aliphatic carboxylic acids is 1. The Morgan fingerprint density at radius 3 is 2.48 bits per heavy atom. The SMILES string of the molecule is CCCCCCn1c(C)nc2c(C(N)=O)nc3ccccc3c21.CNCC(=O)O. The number of nitrogens with one attached hydrogen (secondary N) is 1. The number of primary amides is 1. The molecule has 1 aromatic carbocycles. The van der Waals surface area contributed by atoms with E-state index < -0.39 is 11.9 Å². The summed E-state index contributed by atoms with van der Waals surface area (Å²) in [6, 6.07) is 7.84. The van der Waals surface area contributed by atoms with Crippen LogP contribution in [0, 0.1) is 6.92 Å². The van der Waals surface area contributed by atoms with Gasteiger partial charge in [0.25, 0.3) is 5.91 Å². The van der Waals surface area contributed by atoms with E-state index in [2.05, 4.69) is 26.8 Å². The molecule has 0 atom stereocenters. The zero-order chi connectivity index (χ0) is 21.4. The fraction of sp³-hybridized carbons (Fsp3) is 0.429. The molecule has 8 heteroatoms. The van der Waals surface area contributed by atoms with Crippen LogP contribution in [0.15, 0.2) is 24.3 Å². The van der Waals surface area contributed by atoms with E-state index >= 15 is 0 Å². The third-order valence-corrected chi connectivity index (χ3v) is 4.57. The van der Waals surface area contributed by atoms with Gasteiger partial charge in [0, 0.05) is 11.9 Å². The van der Waals surface area contributed by atoms with E-state index in [0.717, 1.165) is 35.2 Å². The van der Waals surface area contributed by atoms with Crippen LogP contribution in [0.2, 0.25) is 0 Å². The minimum atomic E-state index is -0.822. The number of aryl methyl sites for hydroxylation is 2. The van der Waals surface area contributed by atoms with E-state index in [1.165, 1.54) is 19.3 Å². The molecule has 3 rings (SSSR count). The van der Waals surface area contributed by atoms with Crippen molar-refractivity contribution in [2.24, 2.45) is 5.73 Å². The fourth-order valence-corrected chi connectivity index (χ4v) is 3.24. The molecule has 0 bridgehead atoms. The Labute approximate surface area is 170 Å². The second kappa shape index (κ2) is 10.5. The molecule has 0 aliphatic rings. The maximum Gasteiger partial charge on any atom is 0.317 e. The summed E-state index contributed by atoms with van der Waals surface area (Å²) in [5.74, 6) is -0.453. The van der Waals surface area contributed by atoms with Crippen molar-refractivity contribution in [2.45, 2.75) is 46.1 Å². The number of likely N-dealkylation sites (N-methyl/N-ethyl adjacent to an activating group) is 1. The van der Waals surface area contributed by atoms with E-state index in [9.17, 15) is 9.59 Å². The maximum absolute atomic E-state index is 11.8. The average Bonchev–Trinajstić information content (AvgIpc) is 3.01.